The monoisotopic (exact) mass is 418 g/mol. The molecular weight excluding hydrogens is 383 g/mol. The van der Waals surface area contributed by atoms with Crippen molar-refractivity contribution in [2.24, 2.45) is 5.41 Å². The Morgan fingerprint density at radius 1 is 1.00 bits per heavy atom. The number of unbranched alkanes of at least 4 members (excludes halogenated alkanes) is 2. The minimum absolute atomic E-state index is 0.0531. The van der Waals surface area contributed by atoms with Crippen molar-refractivity contribution in [2.45, 2.75) is 63.7 Å². The molecule has 0 aliphatic heterocycles. The molecule has 0 unspecified atom stereocenters. The van der Waals surface area contributed by atoms with Gasteiger partial charge in [0.2, 0.25) is 0 Å². The smallest absolute Gasteiger partial charge is 0.123 e. The van der Waals surface area contributed by atoms with Gasteiger partial charge in [-0.1, -0.05) is 51.7 Å². The fraction of sp³-hybridized carbons (Fsp3) is 0.520. The van der Waals surface area contributed by atoms with Crippen LogP contribution >= 0.6 is 11.8 Å². The van der Waals surface area contributed by atoms with Crippen molar-refractivity contribution >= 4 is 11.8 Å². The van der Waals surface area contributed by atoms with E-state index in [0.29, 0.717) is 6.42 Å². The third-order valence-electron chi connectivity index (χ3n) is 5.57. The molecule has 0 aliphatic rings. The van der Waals surface area contributed by atoms with E-state index in [0.717, 1.165) is 66.0 Å². The van der Waals surface area contributed by atoms with Crippen molar-refractivity contribution < 1.29 is 14.2 Å². The van der Waals surface area contributed by atoms with Crippen molar-refractivity contribution in [1.82, 2.24) is 0 Å². The molecule has 2 nitrogen and oxygen atoms in total. The van der Waals surface area contributed by atoms with Gasteiger partial charge in [-0.05, 0) is 60.7 Å². The van der Waals surface area contributed by atoms with Gasteiger partial charge in [0.05, 0.1) is 7.11 Å². The molecule has 0 heterocycles. The minimum Gasteiger partial charge on any atom is -0.497 e. The summed E-state index contributed by atoms with van der Waals surface area (Å²) < 4.78 is 19.2. The standard InChI is InChI=1S/C25H35FO2S/c1-4-6-14-25(18-27,15-7-5-2)19-29-24-13-10-22(26)17-21(24)16-20-8-11-23(28-3)12-9-20/h8-13,17,27H,4-7,14-16,18-19H2,1-3H3. The second-order valence-electron chi connectivity index (χ2n) is 7.93. The van der Waals surface area contributed by atoms with Crippen LogP contribution in [0.3, 0.4) is 0 Å². The lowest BCUT2D eigenvalue weighted by Crippen LogP contribution is -2.28. The Kier molecular flexibility index (Phi) is 10.0. The average Bonchev–Trinajstić information content (AvgIpc) is 2.75. The normalized spacial score (nSPS) is 11.6. The highest BCUT2D eigenvalue weighted by Gasteiger charge is 2.28. The van der Waals surface area contributed by atoms with Crippen molar-refractivity contribution in [3.05, 3.63) is 59.4 Å². The molecule has 0 spiro atoms. The molecule has 2 aromatic rings. The first kappa shape index (κ1) is 23.8. The molecule has 1 N–H and O–H groups in total. The van der Waals surface area contributed by atoms with Crippen molar-refractivity contribution in [3.63, 3.8) is 0 Å². The number of halogens is 1. The first-order valence-electron chi connectivity index (χ1n) is 10.7. The van der Waals surface area contributed by atoms with E-state index in [9.17, 15) is 9.50 Å². The highest BCUT2D eigenvalue weighted by atomic mass is 32.2. The Bertz CT molecular complexity index is 722. The van der Waals surface area contributed by atoms with Gasteiger partial charge in [0.1, 0.15) is 11.6 Å². The quantitative estimate of drug-likeness (QED) is 0.360. The summed E-state index contributed by atoms with van der Waals surface area (Å²) in [5.41, 5.74) is 2.07. The SMILES string of the molecule is CCCCC(CO)(CCCC)CSc1ccc(F)cc1Cc1ccc(OC)cc1. The average molecular weight is 419 g/mol. The lowest BCUT2D eigenvalue weighted by molar-refractivity contribution is 0.122. The number of rotatable bonds is 13. The Morgan fingerprint density at radius 2 is 1.66 bits per heavy atom. The fourth-order valence-corrected chi connectivity index (χ4v) is 4.92. The van der Waals surface area contributed by atoms with E-state index >= 15 is 0 Å². The molecule has 0 radical (unpaired) electrons. The molecule has 4 heteroatoms. The van der Waals surface area contributed by atoms with Crippen LogP contribution in [0.25, 0.3) is 0 Å². The molecule has 2 aromatic carbocycles. The number of thioether (sulfide) groups is 1. The molecule has 29 heavy (non-hydrogen) atoms. The number of methoxy groups -OCH3 is 1. The Morgan fingerprint density at radius 3 is 2.21 bits per heavy atom. The largest absolute Gasteiger partial charge is 0.497 e. The maximum atomic E-state index is 14.0. The zero-order valence-electron chi connectivity index (χ0n) is 18.0. The van der Waals surface area contributed by atoms with Gasteiger partial charge in [-0.2, -0.15) is 0 Å². The van der Waals surface area contributed by atoms with E-state index in [4.69, 9.17) is 4.74 Å². The van der Waals surface area contributed by atoms with Crippen molar-refractivity contribution in [1.29, 1.82) is 0 Å². The Labute approximate surface area is 179 Å². The number of ether oxygens (including phenoxy) is 1. The Balaban J connectivity index is 2.17. The van der Waals surface area contributed by atoms with Gasteiger partial charge in [-0.25, -0.2) is 4.39 Å². The van der Waals surface area contributed by atoms with Gasteiger partial charge in [-0.3, -0.25) is 0 Å². The van der Waals surface area contributed by atoms with Gasteiger partial charge in [0.25, 0.3) is 0 Å². The number of benzene rings is 2. The molecule has 0 amide bonds. The van der Waals surface area contributed by atoms with E-state index in [2.05, 4.69) is 13.8 Å². The van der Waals surface area contributed by atoms with Crippen LogP contribution in [-0.2, 0) is 6.42 Å². The number of hydrogen-bond donors (Lipinski definition) is 1. The predicted octanol–water partition coefficient (Wildman–Crippen LogP) is 6.88. The molecule has 160 valence electrons. The zero-order chi connectivity index (χ0) is 21.1. The summed E-state index contributed by atoms with van der Waals surface area (Å²) in [7, 11) is 1.65. The van der Waals surface area contributed by atoms with Crippen LogP contribution in [0.2, 0.25) is 0 Å². The second kappa shape index (κ2) is 12.2. The number of aliphatic hydroxyl groups excluding tert-OH is 1. The maximum absolute atomic E-state index is 14.0. The summed E-state index contributed by atoms with van der Waals surface area (Å²) in [5.74, 6) is 1.48. The molecule has 0 aliphatic carbocycles. The maximum Gasteiger partial charge on any atom is 0.123 e. The fourth-order valence-electron chi connectivity index (χ4n) is 3.60. The molecule has 0 fully saturated rings. The summed E-state index contributed by atoms with van der Waals surface area (Å²) in [4.78, 5) is 1.10. The van der Waals surface area contributed by atoms with Crippen LogP contribution in [-0.4, -0.2) is 24.6 Å². The molecule has 0 saturated carbocycles. The summed E-state index contributed by atoms with van der Waals surface area (Å²) in [5, 5.41) is 10.2. The van der Waals surface area contributed by atoms with Crippen LogP contribution in [0, 0.1) is 11.2 Å². The minimum atomic E-state index is -0.205. The third-order valence-corrected chi connectivity index (χ3v) is 7.03. The lowest BCUT2D eigenvalue weighted by atomic mass is 9.81. The zero-order valence-corrected chi connectivity index (χ0v) is 18.9. The summed E-state index contributed by atoms with van der Waals surface area (Å²) in [6.07, 6.45) is 7.31. The molecule has 0 aromatic heterocycles. The third kappa shape index (κ3) is 7.35. The second-order valence-corrected chi connectivity index (χ2v) is 8.95. The highest BCUT2D eigenvalue weighted by Crippen LogP contribution is 2.38. The highest BCUT2D eigenvalue weighted by molar-refractivity contribution is 7.99. The van der Waals surface area contributed by atoms with E-state index in [1.807, 2.05) is 30.3 Å². The van der Waals surface area contributed by atoms with Crippen molar-refractivity contribution in [2.75, 3.05) is 19.5 Å². The summed E-state index contributed by atoms with van der Waals surface area (Å²) >= 11 is 1.76. The lowest BCUT2D eigenvalue weighted by Gasteiger charge is -2.32. The first-order valence-corrected chi connectivity index (χ1v) is 11.7. The van der Waals surface area contributed by atoms with Gasteiger partial charge in [0, 0.05) is 22.7 Å². The molecular formula is C25H35FO2S. The first-order chi connectivity index (χ1) is 14.1. The van der Waals surface area contributed by atoms with E-state index in [1.54, 1.807) is 31.0 Å². The van der Waals surface area contributed by atoms with E-state index in [1.165, 1.54) is 0 Å². The molecule has 2 rings (SSSR count). The Hall–Kier alpha value is -1.52. The van der Waals surface area contributed by atoms with Crippen LogP contribution in [0.4, 0.5) is 4.39 Å². The van der Waals surface area contributed by atoms with Crippen LogP contribution < -0.4 is 4.74 Å². The molecule has 0 bridgehead atoms. The summed E-state index contributed by atoms with van der Waals surface area (Å²) in [6.45, 7) is 4.61. The predicted molar refractivity (Wildman–Crippen MR) is 121 cm³/mol. The van der Waals surface area contributed by atoms with Gasteiger partial charge < -0.3 is 9.84 Å². The number of hydrogen-bond acceptors (Lipinski definition) is 3. The van der Waals surface area contributed by atoms with Gasteiger partial charge >= 0.3 is 0 Å². The summed E-state index contributed by atoms with van der Waals surface area (Å²) in [6, 6.07) is 13.0. The van der Waals surface area contributed by atoms with Gasteiger partial charge in [0.15, 0.2) is 0 Å². The van der Waals surface area contributed by atoms with Crippen LogP contribution in [0.15, 0.2) is 47.4 Å². The topological polar surface area (TPSA) is 29.5 Å². The van der Waals surface area contributed by atoms with E-state index in [-0.39, 0.29) is 17.8 Å². The van der Waals surface area contributed by atoms with Crippen molar-refractivity contribution in [3.8, 4) is 5.75 Å². The molecule has 0 saturated heterocycles. The van der Waals surface area contributed by atoms with Crippen LogP contribution in [0.1, 0.15) is 63.5 Å². The number of aliphatic hydroxyl groups is 1. The molecule has 0 atom stereocenters. The van der Waals surface area contributed by atoms with E-state index < -0.39 is 0 Å². The van der Waals surface area contributed by atoms with Crippen LogP contribution in [0.5, 0.6) is 5.75 Å². The van der Waals surface area contributed by atoms with Gasteiger partial charge in [-0.15, -0.1) is 11.8 Å².